The highest BCUT2D eigenvalue weighted by molar-refractivity contribution is 7.98. The monoisotopic (exact) mass is 314 g/mol. The third kappa shape index (κ3) is 4.46. The van der Waals surface area contributed by atoms with Gasteiger partial charge in [-0.15, -0.1) is 11.8 Å². The van der Waals surface area contributed by atoms with Gasteiger partial charge in [-0.05, 0) is 36.1 Å². The van der Waals surface area contributed by atoms with E-state index in [2.05, 4.69) is 5.32 Å². The summed E-state index contributed by atoms with van der Waals surface area (Å²) in [5.41, 5.74) is 1.30. The molecule has 1 N–H and O–H groups in total. The first-order valence-corrected chi connectivity index (χ1v) is 7.68. The molecule has 2 aromatic rings. The van der Waals surface area contributed by atoms with Crippen molar-refractivity contribution < 1.29 is 9.72 Å². The second-order valence-electron chi connectivity index (χ2n) is 4.41. The van der Waals surface area contributed by atoms with E-state index in [1.54, 1.807) is 36.0 Å². The zero-order valence-corrected chi connectivity index (χ0v) is 12.7. The summed E-state index contributed by atoms with van der Waals surface area (Å²) in [4.78, 5) is 23.1. The minimum atomic E-state index is -0.467. The van der Waals surface area contributed by atoms with Gasteiger partial charge in [0.15, 0.2) is 0 Å². The Balaban J connectivity index is 2.05. The number of thioether (sulfide) groups is 1. The van der Waals surface area contributed by atoms with Crippen LogP contribution < -0.4 is 5.32 Å². The molecule has 0 fully saturated rings. The topological polar surface area (TPSA) is 72.2 Å². The Labute approximate surface area is 132 Å². The van der Waals surface area contributed by atoms with Gasteiger partial charge in [0, 0.05) is 28.8 Å². The van der Waals surface area contributed by atoms with E-state index in [0.29, 0.717) is 11.3 Å². The molecule has 0 heterocycles. The van der Waals surface area contributed by atoms with Crippen molar-refractivity contribution in [1.29, 1.82) is 0 Å². The maximum atomic E-state index is 11.9. The lowest BCUT2D eigenvalue weighted by Crippen LogP contribution is -2.07. The van der Waals surface area contributed by atoms with Gasteiger partial charge in [0.1, 0.15) is 0 Å². The predicted molar refractivity (Wildman–Crippen MR) is 89.0 cm³/mol. The minimum absolute atomic E-state index is 0.00442. The fraction of sp³-hybridized carbons (Fsp3) is 0.0625. The molecule has 0 unspecified atom stereocenters. The molecule has 2 rings (SSSR count). The SMILES string of the molecule is CSc1cccc(NC(=O)/C=C/c2cccc([N+](=O)[O-])c2)c1. The number of hydrogen-bond acceptors (Lipinski definition) is 4. The number of carbonyl (C=O) groups excluding carboxylic acids is 1. The van der Waals surface area contributed by atoms with Crippen LogP contribution >= 0.6 is 11.8 Å². The van der Waals surface area contributed by atoms with E-state index in [9.17, 15) is 14.9 Å². The van der Waals surface area contributed by atoms with Crippen LogP contribution in [0.15, 0.2) is 59.5 Å². The largest absolute Gasteiger partial charge is 0.322 e. The number of anilines is 1. The van der Waals surface area contributed by atoms with Gasteiger partial charge < -0.3 is 5.32 Å². The second kappa shape index (κ2) is 7.42. The summed E-state index contributed by atoms with van der Waals surface area (Å²) in [5, 5.41) is 13.4. The van der Waals surface area contributed by atoms with E-state index < -0.39 is 4.92 Å². The normalized spacial score (nSPS) is 10.6. The van der Waals surface area contributed by atoms with Crippen molar-refractivity contribution in [1.82, 2.24) is 0 Å². The van der Waals surface area contributed by atoms with Crippen molar-refractivity contribution in [2.24, 2.45) is 0 Å². The first kappa shape index (κ1) is 15.8. The molecule has 2 aromatic carbocycles. The van der Waals surface area contributed by atoms with Crippen molar-refractivity contribution in [2.45, 2.75) is 4.90 Å². The van der Waals surface area contributed by atoms with Crippen LogP contribution in [-0.4, -0.2) is 17.1 Å². The van der Waals surface area contributed by atoms with Crippen LogP contribution in [0.1, 0.15) is 5.56 Å². The standard InChI is InChI=1S/C16H14N2O3S/c1-22-15-7-3-5-13(11-15)17-16(19)9-8-12-4-2-6-14(10-12)18(20)21/h2-11H,1H3,(H,17,19)/b9-8+. The lowest BCUT2D eigenvalue weighted by atomic mass is 10.2. The number of nitro benzene ring substituents is 1. The van der Waals surface area contributed by atoms with E-state index in [-0.39, 0.29) is 11.6 Å². The molecular weight excluding hydrogens is 300 g/mol. The van der Waals surface area contributed by atoms with Crippen molar-refractivity contribution in [3.05, 3.63) is 70.3 Å². The predicted octanol–water partition coefficient (Wildman–Crippen LogP) is 3.97. The number of nitrogens with one attached hydrogen (secondary N) is 1. The van der Waals surface area contributed by atoms with Gasteiger partial charge in [-0.1, -0.05) is 18.2 Å². The highest BCUT2D eigenvalue weighted by Crippen LogP contribution is 2.19. The fourth-order valence-electron chi connectivity index (χ4n) is 1.80. The summed E-state index contributed by atoms with van der Waals surface area (Å²) in [6.07, 6.45) is 4.86. The van der Waals surface area contributed by atoms with Crippen LogP contribution in [0.3, 0.4) is 0 Å². The molecule has 0 aliphatic carbocycles. The first-order valence-electron chi connectivity index (χ1n) is 6.46. The van der Waals surface area contributed by atoms with Crippen LogP contribution in [0, 0.1) is 10.1 Å². The lowest BCUT2D eigenvalue weighted by molar-refractivity contribution is -0.384. The molecule has 0 saturated carbocycles. The van der Waals surface area contributed by atoms with Crippen molar-refractivity contribution in [3.63, 3.8) is 0 Å². The second-order valence-corrected chi connectivity index (χ2v) is 5.29. The minimum Gasteiger partial charge on any atom is -0.322 e. The lowest BCUT2D eigenvalue weighted by Gasteiger charge is -2.03. The van der Waals surface area contributed by atoms with Crippen molar-refractivity contribution >= 4 is 35.1 Å². The zero-order valence-electron chi connectivity index (χ0n) is 11.9. The Bertz CT molecular complexity index is 729. The summed E-state index contributed by atoms with van der Waals surface area (Å²) in [6, 6.07) is 13.6. The van der Waals surface area contributed by atoms with Gasteiger partial charge in [0.25, 0.3) is 5.69 Å². The molecule has 0 aliphatic heterocycles. The maximum Gasteiger partial charge on any atom is 0.270 e. The molecule has 0 spiro atoms. The quantitative estimate of drug-likeness (QED) is 0.392. The molecule has 0 bridgehead atoms. The van der Waals surface area contributed by atoms with Crippen LogP contribution in [0.25, 0.3) is 6.08 Å². The molecule has 6 heteroatoms. The van der Waals surface area contributed by atoms with E-state index in [0.717, 1.165) is 4.90 Å². The first-order chi connectivity index (χ1) is 10.6. The van der Waals surface area contributed by atoms with Gasteiger partial charge in [-0.2, -0.15) is 0 Å². The van der Waals surface area contributed by atoms with Gasteiger partial charge in [0.05, 0.1) is 4.92 Å². The highest BCUT2D eigenvalue weighted by Gasteiger charge is 2.04. The molecule has 0 radical (unpaired) electrons. The number of rotatable bonds is 5. The third-order valence-corrected chi connectivity index (χ3v) is 3.57. The average Bonchev–Trinajstić information content (AvgIpc) is 2.53. The number of amides is 1. The van der Waals surface area contributed by atoms with E-state index >= 15 is 0 Å². The summed E-state index contributed by atoms with van der Waals surface area (Å²) in [6.45, 7) is 0. The summed E-state index contributed by atoms with van der Waals surface area (Å²) in [7, 11) is 0. The average molecular weight is 314 g/mol. The number of nitrogens with zero attached hydrogens (tertiary/aromatic N) is 1. The molecule has 22 heavy (non-hydrogen) atoms. The van der Waals surface area contributed by atoms with Gasteiger partial charge in [0.2, 0.25) is 5.91 Å². The summed E-state index contributed by atoms with van der Waals surface area (Å²) in [5.74, 6) is -0.287. The van der Waals surface area contributed by atoms with Crippen LogP contribution in [0.2, 0.25) is 0 Å². The number of nitro groups is 1. The Morgan fingerprint density at radius 2 is 2.00 bits per heavy atom. The number of carbonyl (C=O) groups is 1. The molecule has 112 valence electrons. The van der Waals surface area contributed by atoms with Crippen LogP contribution in [0.4, 0.5) is 11.4 Å². The Kier molecular flexibility index (Phi) is 5.32. The van der Waals surface area contributed by atoms with E-state index in [1.165, 1.54) is 18.2 Å². The molecule has 1 amide bonds. The van der Waals surface area contributed by atoms with Crippen molar-refractivity contribution in [2.75, 3.05) is 11.6 Å². The van der Waals surface area contributed by atoms with Crippen molar-refractivity contribution in [3.8, 4) is 0 Å². The van der Waals surface area contributed by atoms with E-state index in [1.807, 2.05) is 24.5 Å². The molecule has 0 aromatic heterocycles. The van der Waals surface area contributed by atoms with Gasteiger partial charge >= 0.3 is 0 Å². The molecule has 0 atom stereocenters. The van der Waals surface area contributed by atoms with E-state index in [4.69, 9.17) is 0 Å². The molecule has 5 nitrogen and oxygen atoms in total. The third-order valence-electron chi connectivity index (χ3n) is 2.85. The number of benzene rings is 2. The van der Waals surface area contributed by atoms with Crippen LogP contribution in [0.5, 0.6) is 0 Å². The van der Waals surface area contributed by atoms with Gasteiger partial charge in [-0.25, -0.2) is 0 Å². The summed E-state index contributed by atoms with van der Waals surface area (Å²) >= 11 is 1.59. The van der Waals surface area contributed by atoms with Gasteiger partial charge in [-0.3, -0.25) is 14.9 Å². The number of hydrogen-bond donors (Lipinski definition) is 1. The molecule has 0 aliphatic rings. The number of non-ortho nitro benzene ring substituents is 1. The van der Waals surface area contributed by atoms with Crippen LogP contribution in [-0.2, 0) is 4.79 Å². The Morgan fingerprint density at radius 1 is 1.23 bits per heavy atom. The Morgan fingerprint density at radius 3 is 2.73 bits per heavy atom. The maximum absolute atomic E-state index is 11.9. The Hall–Kier alpha value is -2.60. The smallest absolute Gasteiger partial charge is 0.270 e. The fourth-order valence-corrected chi connectivity index (χ4v) is 2.26. The highest BCUT2D eigenvalue weighted by atomic mass is 32.2. The zero-order chi connectivity index (χ0) is 15.9. The molecule has 0 saturated heterocycles. The molecular formula is C16H14N2O3S. The summed E-state index contributed by atoms with van der Waals surface area (Å²) < 4.78 is 0.